The van der Waals surface area contributed by atoms with Gasteiger partial charge < -0.3 is 24.5 Å². The molecule has 1 aromatic heterocycles. The number of rotatable bonds is 7. The molecule has 1 saturated carbocycles. The molecule has 0 radical (unpaired) electrons. The summed E-state index contributed by atoms with van der Waals surface area (Å²) < 4.78 is 17.1. The van der Waals surface area contributed by atoms with E-state index in [4.69, 9.17) is 13.9 Å². The molecule has 1 aliphatic rings. The quantitative estimate of drug-likeness (QED) is 0.687. The Morgan fingerprint density at radius 2 is 1.94 bits per heavy atom. The molecule has 0 bridgehead atoms. The number of fused-ring (bicyclic) bond motifs is 1. The van der Waals surface area contributed by atoms with Crippen LogP contribution in [0.5, 0.6) is 0 Å². The first-order valence-electron chi connectivity index (χ1n) is 10.9. The van der Waals surface area contributed by atoms with Crippen LogP contribution in [0.2, 0.25) is 0 Å². The van der Waals surface area contributed by atoms with Crippen LogP contribution < -0.4 is 10.6 Å². The minimum absolute atomic E-state index is 0.131. The van der Waals surface area contributed by atoms with Crippen LogP contribution in [0, 0.1) is 5.41 Å². The van der Waals surface area contributed by atoms with E-state index in [1.165, 1.54) is 0 Å². The number of nitrogens with one attached hydrogen (secondary N) is 2. The van der Waals surface area contributed by atoms with Gasteiger partial charge in [-0.25, -0.2) is 4.79 Å². The highest BCUT2D eigenvalue weighted by Gasteiger charge is 2.66. The number of carbonyl (C=O) groups is 2. The van der Waals surface area contributed by atoms with Gasteiger partial charge in [-0.15, -0.1) is 0 Å². The molecule has 7 heteroatoms. The minimum Gasteiger partial charge on any atom is -0.461 e. The average Bonchev–Trinajstić information content (AvgIpc) is 3.08. The zero-order valence-electron chi connectivity index (χ0n) is 19.3. The molecule has 170 valence electrons. The third-order valence-corrected chi connectivity index (χ3v) is 6.00. The molecule has 1 aliphatic carbocycles. The summed E-state index contributed by atoms with van der Waals surface area (Å²) in [6.07, 6.45) is 0.207. The van der Waals surface area contributed by atoms with Crippen LogP contribution >= 0.6 is 0 Å². The van der Waals surface area contributed by atoms with Gasteiger partial charge in [-0.1, -0.05) is 32.0 Å². The summed E-state index contributed by atoms with van der Waals surface area (Å²) in [5.41, 5.74) is -1.53. The van der Waals surface area contributed by atoms with Crippen molar-refractivity contribution in [3.8, 4) is 0 Å². The molecule has 1 heterocycles. The van der Waals surface area contributed by atoms with E-state index in [0.29, 0.717) is 26.0 Å². The summed E-state index contributed by atoms with van der Waals surface area (Å²) in [6, 6.07) is 9.78. The Morgan fingerprint density at radius 1 is 1.23 bits per heavy atom. The van der Waals surface area contributed by atoms with Crippen molar-refractivity contribution in [3.63, 3.8) is 0 Å². The zero-order chi connectivity index (χ0) is 22.9. The lowest BCUT2D eigenvalue weighted by molar-refractivity contribution is -0.178. The first kappa shape index (κ1) is 23.1. The predicted octanol–water partition coefficient (Wildman–Crippen LogP) is 4.19. The Kier molecular flexibility index (Phi) is 6.37. The standard InChI is InChI=1S/C24H34N2O5/c1-7-29-19-15-24(23(19,5)6,26-21(28)31-22(2,3)4)20(27)25-13-12-17-14-16-10-8-9-11-18(16)30-17/h8-11,14,19H,7,12-13,15H2,1-6H3,(H,25,27)(H,26,28)/t19-,24+/m0/s1. The first-order chi connectivity index (χ1) is 14.5. The lowest BCUT2D eigenvalue weighted by atomic mass is 9.53. The van der Waals surface area contributed by atoms with Gasteiger partial charge >= 0.3 is 6.09 Å². The van der Waals surface area contributed by atoms with Crippen LogP contribution in [0.1, 0.15) is 53.7 Å². The van der Waals surface area contributed by atoms with Gasteiger partial charge in [0.05, 0.1) is 6.10 Å². The van der Waals surface area contributed by atoms with Crippen molar-refractivity contribution in [1.82, 2.24) is 10.6 Å². The van der Waals surface area contributed by atoms with Crippen molar-refractivity contribution in [2.75, 3.05) is 13.2 Å². The zero-order valence-corrected chi connectivity index (χ0v) is 19.3. The smallest absolute Gasteiger partial charge is 0.408 e. The number of benzene rings is 1. The van der Waals surface area contributed by atoms with Gasteiger partial charge in [-0.2, -0.15) is 0 Å². The maximum absolute atomic E-state index is 13.3. The van der Waals surface area contributed by atoms with Crippen molar-refractivity contribution < 1.29 is 23.5 Å². The Labute approximate surface area is 183 Å². The van der Waals surface area contributed by atoms with Crippen LogP contribution in [0.15, 0.2) is 34.7 Å². The molecule has 7 nitrogen and oxygen atoms in total. The van der Waals surface area contributed by atoms with E-state index < -0.39 is 22.6 Å². The van der Waals surface area contributed by atoms with Gasteiger partial charge in [0.15, 0.2) is 0 Å². The van der Waals surface area contributed by atoms with Crippen LogP contribution in [-0.2, 0) is 20.7 Å². The number of hydrogen-bond donors (Lipinski definition) is 2. The van der Waals surface area contributed by atoms with E-state index in [0.717, 1.165) is 16.7 Å². The highest BCUT2D eigenvalue weighted by Crippen LogP contribution is 2.51. The van der Waals surface area contributed by atoms with Gasteiger partial charge in [-0.3, -0.25) is 4.79 Å². The fourth-order valence-electron chi connectivity index (χ4n) is 4.15. The minimum atomic E-state index is -1.11. The summed E-state index contributed by atoms with van der Waals surface area (Å²) in [7, 11) is 0. The van der Waals surface area contributed by atoms with Crippen molar-refractivity contribution in [2.45, 2.75) is 71.6 Å². The van der Waals surface area contributed by atoms with Crippen LogP contribution in [-0.4, -0.2) is 42.4 Å². The molecule has 2 aromatic rings. The van der Waals surface area contributed by atoms with Crippen molar-refractivity contribution in [2.24, 2.45) is 5.41 Å². The Morgan fingerprint density at radius 3 is 2.55 bits per heavy atom. The number of para-hydroxylation sites is 1. The predicted molar refractivity (Wildman–Crippen MR) is 119 cm³/mol. The SMILES string of the molecule is CCO[C@H]1C[C@@](NC(=O)OC(C)(C)C)(C(=O)NCCc2cc3ccccc3o2)C1(C)C. The van der Waals surface area contributed by atoms with E-state index in [1.807, 2.05) is 51.1 Å². The topological polar surface area (TPSA) is 89.8 Å². The Balaban J connectivity index is 1.69. The largest absolute Gasteiger partial charge is 0.461 e. The normalized spacial score (nSPS) is 22.6. The monoisotopic (exact) mass is 430 g/mol. The molecular weight excluding hydrogens is 396 g/mol. The van der Waals surface area contributed by atoms with Crippen molar-refractivity contribution in [1.29, 1.82) is 0 Å². The summed E-state index contributed by atoms with van der Waals surface area (Å²) in [4.78, 5) is 25.9. The van der Waals surface area contributed by atoms with Gasteiger partial charge in [0.1, 0.15) is 22.5 Å². The van der Waals surface area contributed by atoms with Gasteiger partial charge in [0.25, 0.3) is 0 Å². The first-order valence-corrected chi connectivity index (χ1v) is 10.9. The molecule has 0 aliphatic heterocycles. The maximum atomic E-state index is 13.3. The second-order valence-electron chi connectivity index (χ2n) is 9.66. The Hall–Kier alpha value is -2.54. The highest BCUT2D eigenvalue weighted by atomic mass is 16.6. The van der Waals surface area contributed by atoms with Gasteiger partial charge in [-0.05, 0) is 39.8 Å². The van der Waals surface area contributed by atoms with E-state index >= 15 is 0 Å². The van der Waals surface area contributed by atoms with Crippen LogP contribution in [0.4, 0.5) is 4.79 Å². The lowest BCUT2D eigenvalue weighted by Gasteiger charge is -2.59. The second kappa shape index (κ2) is 8.54. The van der Waals surface area contributed by atoms with Crippen LogP contribution in [0.3, 0.4) is 0 Å². The van der Waals surface area contributed by atoms with E-state index in [1.54, 1.807) is 20.8 Å². The molecule has 1 fully saturated rings. The molecule has 0 spiro atoms. The number of ether oxygens (including phenoxy) is 2. The van der Waals surface area contributed by atoms with Crippen LogP contribution in [0.25, 0.3) is 11.0 Å². The van der Waals surface area contributed by atoms with Crippen molar-refractivity contribution in [3.05, 3.63) is 36.1 Å². The van der Waals surface area contributed by atoms with Crippen molar-refractivity contribution >= 4 is 23.0 Å². The fraction of sp³-hybridized carbons (Fsp3) is 0.583. The molecule has 2 N–H and O–H groups in total. The number of amides is 2. The lowest BCUT2D eigenvalue weighted by Crippen LogP contribution is -2.78. The van der Waals surface area contributed by atoms with E-state index in [9.17, 15) is 9.59 Å². The number of furan rings is 1. The van der Waals surface area contributed by atoms with E-state index in [2.05, 4.69) is 10.6 Å². The van der Waals surface area contributed by atoms with Gasteiger partial charge in [0.2, 0.25) is 5.91 Å². The number of hydrogen-bond acceptors (Lipinski definition) is 5. The summed E-state index contributed by atoms with van der Waals surface area (Å²) >= 11 is 0. The summed E-state index contributed by atoms with van der Waals surface area (Å²) in [5.74, 6) is 0.561. The van der Waals surface area contributed by atoms with E-state index in [-0.39, 0.29) is 12.0 Å². The van der Waals surface area contributed by atoms with Gasteiger partial charge in [0, 0.05) is 36.8 Å². The molecule has 1 aromatic carbocycles. The fourth-order valence-corrected chi connectivity index (χ4v) is 4.15. The molecule has 31 heavy (non-hydrogen) atoms. The highest BCUT2D eigenvalue weighted by molar-refractivity contribution is 5.92. The maximum Gasteiger partial charge on any atom is 0.408 e. The summed E-state index contributed by atoms with van der Waals surface area (Å²) in [5, 5.41) is 6.87. The molecular formula is C24H34N2O5. The average molecular weight is 431 g/mol. The third-order valence-electron chi connectivity index (χ3n) is 6.00. The molecule has 3 rings (SSSR count). The molecule has 2 atom stereocenters. The summed E-state index contributed by atoms with van der Waals surface area (Å²) in [6.45, 7) is 12.1. The molecule has 0 unspecified atom stereocenters. The Bertz CT molecular complexity index is 910. The third kappa shape index (κ3) is 4.71. The molecule has 0 saturated heterocycles. The second-order valence-corrected chi connectivity index (χ2v) is 9.66. The number of alkyl carbamates (subject to hydrolysis) is 1. The molecule has 2 amide bonds. The number of carbonyl (C=O) groups excluding carboxylic acids is 2.